The van der Waals surface area contributed by atoms with Crippen LogP contribution < -0.4 is 11.1 Å². The van der Waals surface area contributed by atoms with Crippen molar-refractivity contribution in [3.05, 3.63) is 72.1 Å². The summed E-state index contributed by atoms with van der Waals surface area (Å²) in [5.74, 6) is 2.03. The highest BCUT2D eigenvalue weighted by Crippen LogP contribution is 2.21. The van der Waals surface area contributed by atoms with Crippen molar-refractivity contribution in [1.82, 2.24) is 15.0 Å². The summed E-state index contributed by atoms with van der Waals surface area (Å²) in [5, 5.41) is 3.97. The van der Waals surface area contributed by atoms with Gasteiger partial charge in [-0.05, 0) is 17.7 Å². The van der Waals surface area contributed by atoms with Gasteiger partial charge in [0, 0.05) is 36.7 Å². The van der Waals surface area contributed by atoms with Crippen molar-refractivity contribution in [3.63, 3.8) is 0 Å². The summed E-state index contributed by atoms with van der Waals surface area (Å²) in [6, 6.07) is 17.9. The van der Waals surface area contributed by atoms with Gasteiger partial charge in [-0.25, -0.2) is 9.97 Å². The lowest BCUT2D eigenvalue weighted by Crippen LogP contribution is -2.08. The van der Waals surface area contributed by atoms with Crippen LogP contribution in [0.25, 0.3) is 0 Å². The van der Waals surface area contributed by atoms with Crippen LogP contribution in [-0.4, -0.2) is 21.5 Å². The molecule has 0 radical (unpaired) electrons. The Labute approximate surface area is 145 Å². The molecule has 0 bridgehead atoms. The molecule has 2 heterocycles. The lowest BCUT2D eigenvalue weighted by Gasteiger charge is -2.08. The summed E-state index contributed by atoms with van der Waals surface area (Å²) in [6.45, 7) is 0.746. The van der Waals surface area contributed by atoms with Crippen LogP contribution in [0.1, 0.15) is 11.3 Å². The van der Waals surface area contributed by atoms with Gasteiger partial charge in [0.2, 0.25) is 0 Å². The fourth-order valence-electron chi connectivity index (χ4n) is 2.18. The van der Waals surface area contributed by atoms with Crippen molar-refractivity contribution in [2.75, 3.05) is 17.6 Å². The molecule has 0 spiro atoms. The number of hydrogen-bond acceptors (Lipinski definition) is 6. The summed E-state index contributed by atoms with van der Waals surface area (Å²) in [5.41, 5.74) is 8.18. The van der Waals surface area contributed by atoms with E-state index in [4.69, 9.17) is 5.73 Å². The number of anilines is 2. The number of thioether (sulfide) groups is 1. The maximum Gasteiger partial charge on any atom is 0.191 e. The van der Waals surface area contributed by atoms with E-state index in [1.807, 2.05) is 36.4 Å². The summed E-state index contributed by atoms with van der Waals surface area (Å²) >= 11 is 1.58. The lowest BCUT2D eigenvalue weighted by atomic mass is 10.2. The van der Waals surface area contributed by atoms with Gasteiger partial charge in [0.1, 0.15) is 11.6 Å². The smallest absolute Gasteiger partial charge is 0.191 e. The molecule has 0 aliphatic carbocycles. The summed E-state index contributed by atoms with van der Waals surface area (Å²) in [6.07, 6.45) is 2.63. The van der Waals surface area contributed by atoms with E-state index in [0.717, 1.165) is 30.2 Å². The molecule has 0 amide bonds. The van der Waals surface area contributed by atoms with E-state index in [9.17, 15) is 0 Å². The maximum absolute atomic E-state index is 5.89. The maximum atomic E-state index is 5.89. The molecule has 0 saturated heterocycles. The number of nitrogens with zero attached hydrogens (tertiary/aromatic N) is 3. The normalized spacial score (nSPS) is 10.5. The monoisotopic (exact) mass is 337 g/mol. The van der Waals surface area contributed by atoms with Gasteiger partial charge in [0.15, 0.2) is 5.16 Å². The number of rotatable bonds is 7. The Morgan fingerprint density at radius 2 is 1.83 bits per heavy atom. The molecule has 122 valence electrons. The standard InChI is InChI=1S/C18H19N5S/c19-16-12-17(21-11-9-15-8-4-5-10-20-15)23-18(22-16)24-13-14-6-2-1-3-7-14/h1-8,10,12H,9,11,13H2,(H3,19,21,22,23). The zero-order chi connectivity index (χ0) is 16.6. The van der Waals surface area contributed by atoms with E-state index in [1.165, 1.54) is 5.56 Å². The minimum atomic E-state index is 0.473. The fraction of sp³-hybridized carbons (Fsp3) is 0.167. The van der Waals surface area contributed by atoms with Gasteiger partial charge in [-0.15, -0.1) is 0 Å². The van der Waals surface area contributed by atoms with Crippen molar-refractivity contribution < 1.29 is 0 Å². The van der Waals surface area contributed by atoms with Gasteiger partial charge in [0.25, 0.3) is 0 Å². The first-order valence-electron chi connectivity index (χ1n) is 7.75. The zero-order valence-corrected chi connectivity index (χ0v) is 14.0. The predicted octanol–water partition coefficient (Wildman–Crippen LogP) is 3.40. The van der Waals surface area contributed by atoms with Crippen LogP contribution in [0.5, 0.6) is 0 Å². The van der Waals surface area contributed by atoms with Crippen molar-refractivity contribution in [2.45, 2.75) is 17.3 Å². The van der Waals surface area contributed by atoms with Gasteiger partial charge in [-0.3, -0.25) is 4.98 Å². The number of nitrogen functional groups attached to an aromatic ring is 1. The van der Waals surface area contributed by atoms with Crippen LogP contribution in [0.4, 0.5) is 11.6 Å². The number of pyridine rings is 1. The molecule has 0 saturated carbocycles. The molecule has 1 aromatic carbocycles. The predicted molar refractivity (Wildman–Crippen MR) is 98.9 cm³/mol. The molecular formula is C18H19N5S. The van der Waals surface area contributed by atoms with Crippen LogP contribution in [0.3, 0.4) is 0 Å². The van der Waals surface area contributed by atoms with Crippen molar-refractivity contribution >= 4 is 23.4 Å². The molecule has 3 N–H and O–H groups in total. The van der Waals surface area contributed by atoms with Crippen LogP contribution in [0.2, 0.25) is 0 Å². The topological polar surface area (TPSA) is 76.7 Å². The van der Waals surface area contributed by atoms with E-state index in [0.29, 0.717) is 11.0 Å². The van der Waals surface area contributed by atoms with Gasteiger partial charge >= 0.3 is 0 Å². The van der Waals surface area contributed by atoms with Crippen molar-refractivity contribution in [1.29, 1.82) is 0 Å². The van der Waals surface area contributed by atoms with E-state index in [-0.39, 0.29) is 0 Å². The Kier molecular flexibility index (Phi) is 5.63. The van der Waals surface area contributed by atoms with E-state index in [1.54, 1.807) is 24.0 Å². The van der Waals surface area contributed by atoms with E-state index in [2.05, 4.69) is 32.4 Å². The summed E-state index contributed by atoms with van der Waals surface area (Å²) < 4.78 is 0. The Morgan fingerprint density at radius 1 is 1.00 bits per heavy atom. The first-order valence-corrected chi connectivity index (χ1v) is 8.73. The number of nitrogens with one attached hydrogen (secondary N) is 1. The highest BCUT2D eigenvalue weighted by atomic mass is 32.2. The van der Waals surface area contributed by atoms with Gasteiger partial charge < -0.3 is 11.1 Å². The Hall–Kier alpha value is -2.60. The zero-order valence-electron chi connectivity index (χ0n) is 13.2. The van der Waals surface area contributed by atoms with Gasteiger partial charge in [-0.2, -0.15) is 0 Å². The molecule has 0 aliphatic heterocycles. The largest absolute Gasteiger partial charge is 0.383 e. The minimum Gasteiger partial charge on any atom is -0.383 e. The molecule has 3 rings (SSSR count). The molecule has 24 heavy (non-hydrogen) atoms. The number of nitrogens with two attached hydrogens (primary N) is 1. The first-order chi connectivity index (χ1) is 11.8. The molecular weight excluding hydrogens is 318 g/mol. The Bertz CT molecular complexity index is 765. The van der Waals surface area contributed by atoms with Crippen LogP contribution in [0, 0.1) is 0 Å². The lowest BCUT2D eigenvalue weighted by molar-refractivity contribution is 0.924. The second kappa shape index (κ2) is 8.31. The Balaban J connectivity index is 1.57. The number of aromatic nitrogens is 3. The molecule has 5 nitrogen and oxygen atoms in total. The SMILES string of the molecule is Nc1cc(NCCc2ccccn2)nc(SCc2ccccc2)n1. The molecule has 3 aromatic rings. The average Bonchev–Trinajstić information content (AvgIpc) is 2.61. The second-order valence-electron chi connectivity index (χ2n) is 5.23. The third-order valence-corrected chi connectivity index (χ3v) is 4.27. The van der Waals surface area contributed by atoms with Crippen LogP contribution in [0.15, 0.2) is 66.0 Å². The summed E-state index contributed by atoms with van der Waals surface area (Å²) in [4.78, 5) is 13.1. The average molecular weight is 337 g/mol. The van der Waals surface area contributed by atoms with Gasteiger partial charge in [0.05, 0.1) is 0 Å². The molecule has 6 heteroatoms. The van der Waals surface area contributed by atoms with Gasteiger partial charge in [-0.1, -0.05) is 48.2 Å². The van der Waals surface area contributed by atoms with Crippen molar-refractivity contribution in [2.24, 2.45) is 0 Å². The third-order valence-electron chi connectivity index (χ3n) is 3.35. The molecule has 0 unspecified atom stereocenters. The quantitative estimate of drug-likeness (QED) is 0.508. The molecule has 0 atom stereocenters. The van der Waals surface area contributed by atoms with E-state index >= 15 is 0 Å². The number of benzene rings is 1. The summed E-state index contributed by atoms with van der Waals surface area (Å²) in [7, 11) is 0. The highest BCUT2D eigenvalue weighted by Gasteiger charge is 2.04. The Morgan fingerprint density at radius 3 is 2.62 bits per heavy atom. The molecule has 0 aliphatic rings. The molecule has 2 aromatic heterocycles. The number of hydrogen-bond donors (Lipinski definition) is 2. The minimum absolute atomic E-state index is 0.473. The molecule has 0 fully saturated rings. The van der Waals surface area contributed by atoms with E-state index < -0.39 is 0 Å². The highest BCUT2D eigenvalue weighted by molar-refractivity contribution is 7.98. The first kappa shape index (κ1) is 16.3. The third kappa shape index (κ3) is 4.96. The van der Waals surface area contributed by atoms with Crippen molar-refractivity contribution in [3.8, 4) is 0 Å². The van der Waals surface area contributed by atoms with Crippen LogP contribution >= 0.6 is 11.8 Å². The second-order valence-corrected chi connectivity index (χ2v) is 6.18. The fourth-order valence-corrected chi connectivity index (χ4v) is 3.01. The van der Waals surface area contributed by atoms with Crippen LogP contribution in [-0.2, 0) is 12.2 Å².